The van der Waals surface area contributed by atoms with Crippen molar-refractivity contribution in [2.45, 2.75) is 104 Å². The molecule has 5 rings (SSSR count). The molecule has 3 aliphatic carbocycles. The summed E-state index contributed by atoms with van der Waals surface area (Å²) in [5.41, 5.74) is 2.13. The van der Waals surface area contributed by atoms with E-state index in [4.69, 9.17) is 9.47 Å². The van der Waals surface area contributed by atoms with Crippen molar-refractivity contribution in [3.63, 3.8) is 0 Å². The molecular weight excluding hydrogens is 396 g/mol. The van der Waals surface area contributed by atoms with E-state index in [1.54, 1.807) is 0 Å². The number of allylic oxidation sites excluding steroid dienone is 1. The first-order valence-electron chi connectivity index (χ1n) is 12.6. The first-order valence-corrected chi connectivity index (χ1v) is 12.6. The van der Waals surface area contributed by atoms with Crippen LogP contribution in [0.15, 0.2) is 24.3 Å². The van der Waals surface area contributed by atoms with Gasteiger partial charge in [-0.3, -0.25) is 4.79 Å². The second-order valence-electron chi connectivity index (χ2n) is 12.7. The van der Waals surface area contributed by atoms with Crippen LogP contribution in [-0.2, 0) is 14.9 Å². The zero-order valence-electron chi connectivity index (χ0n) is 21.0. The van der Waals surface area contributed by atoms with Crippen molar-refractivity contribution in [1.82, 2.24) is 0 Å². The Balaban J connectivity index is 1.46. The van der Waals surface area contributed by atoms with Gasteiger partial charge in [0.1, 0.15) is 17.1 Å². The van der Waals surface area contributed by atoms with E-state index < -0.39 is 0 Å². The SMILES string of the molecule is CC(C)Oc1ccc2c(c1)[C@](C)(CC(=O)[C@@H]1[C@@]3(C)CCCC(C)(C)[C@@H]3C[C@@H]3O[C@@]31C)C=C2. The lowest BCUT2D eigenvalue weighted by Crippen LogP contribution is -2.57. The Bertz CT molecular complexity index is 975. The van der Waals surface area contributed by atoms with Crippen LogP contribution >= 0.6 is 0 Å². The van der Waals surface area contributed by atoms with Crippen molar-refractivity contribution in [2.75, 3.05) is 0 Å². The maximum Gasteiger partial charge on any atom is 0.140 e. The van der Waals surface area contributed by atoms with Gasteiger partial charge in [0.25, 0.3) is 0 Å². The summed E-state index contributed by atoms with van der Waals surface area (Å²) < 4.78 is 12.3. The lowest BCUT2D eigenvalue weighted by molar-refractivity contribution is -0.142. The summed E-state index contributed by atoms with van der Waals surface area (Å²) >= 11 is 0. The molecule has 0 amide bonds. The van der Waals surface area contributed by atoms with E-state index in [2.05, 4.69) is 58.9 Å². The molecular formula is C29H40O3. The second-order valence-corrected chi connectivity index (χ2v) is 12.7. The van der Waals surface area contributed by atoms with Gasteiger partial charge in [-0.2, -0.15) is 0 Å². The van der Waals surface area contributed by atoms with E-state index in [9.17, 15) is 4.79 Å². The highest BCUT2D eigenvalue weighted by Gasteiger charge is 2.72. The van der Waals surface area contributed by atoms with E-state index in [0.29, 0.717) is 18.1 Å². The standard InChI is InChI=1S/C29H40O3/c1-18(2)31-20-10-9-19-11-14-27(5,21(19)15-20)17-22(30)25-28(6)13-8-12-26(3,4)23(28)16-24-29(25,7)32-24/h9-11,14-15,18,23-25H,8,12-13,16-17H2,1-7H3/t23-,24-,25+,27-,28-,29-/m0/s1. The van der Waals surface area contributed by atoms with Gasteiger partial charge in [0.05, 0.1) is 18.1 Å². The molecule has 32 heavy (non-hydrogen) atoms. The highest BCUT2D eigenvalue weighted by atomic mass is 16.6. The third-order valence-corrected chi connectivity index (χ3v) is 9.44. The zero-order chi connectivity index (χ0) is 23.1. The number of ketones is 1. The highest BCUT2D eigenvalue weighted by molar-refractivity contribution is 5.87. The minimum absolute atomic E-state index is 0.0185. The maximum absolute atomic E-state index is 14.2. The molecule has 3 heteroatoms. The fourth-order valence-electron chi connectivity index (χ4n) is 7.97. The van der Waals surface area contributed by atoms with Crippen molar-refractivity contribution in [1.29, 1.82) is 0 Å². The number of ether oxygens (including phenoxy) is 2. The Hall–Kier alpha value is -1.61. The summed E-state index contributed by atoms with van der Waals surface area (Å²) in [4.78, 5) is 14.2. The number of fused-ring (bicyclic) bond motifs is 3. The molecule has 0 spiro atoms. The molecule has 1 saturated heterocycles. The van der Waals surface area contributed by atoms with Crippen molar-refractivity contribution in [3.05, 3.63) is 35.4 Å². The molecule has 174 valence electrons. The van der Waals surface area contributed by atoms with Crippen LogP contribution in [0.5, 0.6) is 5.75 Å². The van der Waals surface area contributed by atoms with Crippen LogP contribution < -0.4 is 4.74 Å². The van der Waals surface area contributed by atoms with E-state index in [1.807, 2.05) is 19.9 Å². The van der Waals surface area contributed by atoms with Gasteiger partial charge in [-0.05, 0) is 80.0 Å². The molecule has 0 N–H and O–H groups in total. The molecule has 0 radical (unpaired) electrons. The number of carbonyl (C=O) groups excluding carboxylic acids is 1. The third-order valence-electron chi connectivity index (χ3n) is 9.44. The second kappa shape index (κ2) is 6.95. The first-order chi connectivity index (χ1) is 14.9. The number of Topliss-reactive ketones (excluding diaryl/α,β-unsaturated/α-hetero) is 1. The Morgan fingerprint density at radius 1 is 1.16 bits per heavy atom. The number of hydrogen-bond donors (Lipinski definition) is 0. The van der Waals surface area contributed by atoms with Gasteiger partial charge in [-0.15, -0.1) is 0 Å². The number of benzene rings is 1. The van der Waals surface area contributed by atoms with Crippen LogP contribution in [-0.4, -0.2) is 23.6 Å². The van der Waals surface area contributed by atoms with Gasteiger partial charge < -0.3 is 9.47 Å². The summed E-state index contributed by atoms with van der Waals surface area (Å²) in [6, 6.07) is 6.31. The molecule has 1 aliphatic heterocycles. The van der Waals surface area contributed by atoms with Crippen LogP contribution in [0.25, 0.3) is 6.08 Å². The van der Waals surface area contributed by atoms with Crippen molar-refractivity contribution in [2.24, 2.45) is 22.7 Å². The van der Waals surface area contributed by atoms with Crippen LogP contribution in [0, 0.1) is 22.7 Å². The summed E-state index contributed by atoms with van der Waals surface area (Å²) in [5.74, 6) is 1.79. The Kier molecular flexibility index (Phi) is 4.82. The van der Waals surface area contributed by atoms with Crippen LogP contribution in [0.3, 0.4) is 0 Å². The largest absolute Gasteiger partial charge is 0.491 e. The average Bonchev–Trinajstić information content (AvgIpc) is 3.23. The van der Waals surface area contributed by atoms with Gasteiger partial charge in [-0.25, -0.2) is 0 Å². The minimum Gasteiger partial charge on any atom is -0.491 e. The molecule has 0 unspecified atom stereocenters. The quantitative estimate of drug-likeness (QED) is 0.481. The Morgan fingerprint density at radius 2 is 1.91 bits per heavy atom. The topological polar surface area (TPSA) is 38.8 Å². The molecule has 2 saturated carbocycles. The fourth-order valence-corrected chi connectivity index (χ4v) is 7.97. The van der Waals surface area contributed by atoms with Crippen LogP contribution in [0.1, 0.15) is 91.7 Å². The summed E-state index contributed by atoms with van der Waals surface area (Å²) in [5, 5.41) is 0. The molecule has 0 bridgehead atoms. The van der Waals surface area contributed by atoms with Gasteiger partial charge in [0, 0.05) is 11.8 Å². The number of hydrogen-bond acceptors (Lipinski definition) is 3. The van der Waals surface area contributed by atoms with Gasteiger partial charge >= 0.3 is 0 Å². The summed E-state index contributed by atoms with van der Waals surface area (Å²) in [6.45, 7) is 15.7. The Morgan fingerprint density at radius 3 is 2.62 bits per heavy atom. The number of carbonyl (C=O) groups is 1. The van der Waals surface area contributed by atoms with E-state index >= 15 is 0 Å². The van der Waals surface area contributed by atoms with Gasteiger partial charge in [0.2, 0.25) is 0 Å². The summed E-state index contributed by atoms with van der Waals surface area (Å²) in [6.07, 6.45) is 10.0. The van der Waals surface area contributed by atoms with E-state index in [-0.39, 0.29) is 40.0 Å². The molecule has 1 aromatic carbocycles. The van der Waals surface area contributed by atoms with Gasteiger partial charge in [-0.1, -0.05) is 52.3 Å². The molecule has 1 heterocycles. The normalized spacial score (nSPS) is 41.1. The predicted molar refractivity (Wildman–Crippen MR) is 129 cm³/mol. The predicted octanol–water partition coefficient (Wildman–Crippen LogP) is 6.73. The minimum atomic E-state index is -0.295. The molecule has 4 aliphatic rings. The average molecular weight is 437 g/mol. The highest BCUT2D eigenvalue weighted by Crippen LogP contribution is 2.68. The molecule has 3 fully saturated rings. The van der Waals surface area contributed by atoms with E-state index in [1.165, 1.54) is 24.0 Å². The summed E-state index contributed by atoms with van der Waals surface area (Å²) in [7, 11) is 0. The van der Waals surface area contributed by atoms with Crippen LogP contribution in [0.2, 0.25) is 0 Å². The lowest BCUT2D eigenvalue weighted by Gasteiger charge is -2.57. The van der Waals surface area contributed by atoms with Crippen LogP contribution in [0.4, 0.5) is 0 Å². The first kappa shape index (κ1) is 22.2. The van der Waals surface area contributed by atoms with Crippen molar-refractivity contribution >= 4 is 11.9 Å². The molecule has 0 aromatic heterocycles. The zero-order valence-corrected chi connectivity index (χ0v) is 21.0. The molecule has 3 nitrogen and oxygen atoms in total. The fraction of sp³-hybridized carbons (Fsp3) is 0.690. The smallest absolute Gasteiger partial charge is 0.140 e. The molecule has 6 atom stereocenters. The monoisotopic (exact) mass is 436 g/mol. The van der Waals surface area contributed by atoms with E-state index in [0.717, 1.165) is 18.6 Å². The number of epoxide rings is 1. The lowest BCUT2D eigenvalue weighted by atomic mass is 9.45. The maximum atomic E-state index is 14.2. The third kappa shape index (κ3) is 3.22. The van der Waals surface area contributed by atoms with Crippen molar-refractivity contribution in [3.8, 4) is 5.75 Å². The Labute approximate surface area is 194 Å². The number of rotatable bonds is 5. The molecule has 1 aromatic rings. The van der Waals surface area contributed by atoms with Gasteiger partial charge in [0.15, 0.2) is 0 Å². The van der Waals surface area contributed by atoms with Crippen molar-refractivity contribution < 1.29 is 14.3 Å².